The van der Waals surface area contributed by atoms with Gasteiger partial charge in [0.25, 0.3) is 0 Å². The zero-order valence-corrected chi connectivity index (χ0v) is 14.2. The predicted octanol–water partition coefficient (Wildman–Crippen LogP) is 3.27. The van der Waals surface area contributed by atoms with E-state index in [4.69, 9.17) is 0 Å². The number of rotatable bonds is 5. The minimum absolute atomic E-state index is 0.805. The SMILES string of the molecule is CC(C)CN1CCC(C2CCN(Cc3ccncc3)C2)CC1. The second-order valence-electron chi connectivity index (χ2n) is 7.67. The van der Waals surface area contributed by atoms with Crippen molar-refractivity contribution >= 4 is 0 Å². The van der Waals surface area contributed by atoms with E-state index in [0.717, 1.165) is 24.3 Å². The Morgan fingerprint density at radius 3 is 2.32 bits per heavy atom. The molecule has 1 aromatic heterocycles. The van der Waals surface area contributed by atoms with Gasteiger partial charge in [-0.1, -0.05) is 13.8 Å². The van der Waals surface area contributed by atoms with Crippen LogP contribution in [0.25, 0.3) is 0 Å². The molecule has 3 rings (SSSR count). The molecule has 2 aliphatic heterocycles. The van der Waals surface area contributed by atoms with E-state index in [2.05, 4.69) is 40.8 Å². The number of hydrogen-bond donors (Lipinski definition) is 0. The van der Waals surface area contributed by atoms with E-state index in [9.17, 15) is 0 Å². The fourth-order valence-electron chi connectivity index (χ4n) is 4.26. The first-order valence-electron chi connectivity index (χ1n) is 9.04. The quantitative estimate of drug-likeness (QED) is 0.832. The van der Waals surface area contributed by atoms with E-state index in [1.807, 2.05) is 12.4 Å². The number of hydrogen-bond acceptors (Lipinski definition) is 3. The number of piperidine rings is 1. The molecule has 22 heavy (non-hydrogen) atoms. The van der Waals surface area contributed by atoms with E-state index in [1.165, 1.54) is 57.5 Å². The second kappa shape index (κ2) is 7.56. The summed E-state index contributed by atoms with van der Waals surface area (Å²) in [5.41, 5.74) is 1.41. The molecule has 1 unspecified atom stereocenters. The van der Waals surface area contributed by atoms with Gasteiger partial charge in [-0.2, -0.15) is 0 Å². The molecule has 122 valence electrons. The summed E-state index contributed by atoms with van der Waals surface area (Å²) >= 11 is 0. The van der Waals surface area contributed by atoms with Crippen molar-refractivity contribution in [2.75, 3.05) is 32.7 Å². The first-order valence-corrected chi connectivity index (χ1v) is 9.04. The van der Waals surface area contributed by atoms with Crippen LogP contribution in [0, 0.1) is 17.8 Å². The highest BCUT2D eigenvalue weighted by Crippen LogP contribution is 2.32. The Hall–Kier alpha value is -0.930. The number of aromatic nitrogens is 1. The average Bonchev–Trinajstić information content (AvgIpc) is 2.97. The van der Waals surface area contributed by atoms with Crippen LogP contribution in [0.2, 0.25) is 0 Å². The summed E-state index contributed by atoms with van der Waals surface area (Å²) in [7, 11) is 0. The highest BCUT2D eigenvalue weighted by Gasteiger charge is 2.31. The molecule has 1 atom stereocenters. The van der Waals surface area contributed by atoms with Crippen LogP contribution in [0.4, 0.5) is 0 Å². The van der Waals surface area contributed by atoms with Gasteiger partial charge in [0.15, 0.2) is 0 Å². The summed E-state index contributed by atoms with van der Waals surface area (Å²) in [6.07, 6.45) is 8.06. The molecular weight excluding hydrogens is 270 g/mol. The Balaban J connectivity index is 1.43. The predicted molar refractivity (Wildman–Crippen MR) is 91.6 cm³/mol. The van der Waals surface area contributed by atoms with Gasteiger partial charge in [0.05, 0.1) is 0 Å². The fraction of sp³-hybridized carbons (Fsp3) is 0.737. The average molecular weight is 301 g/mol. The maximum atomic E-state index is 4.11. The molecule has 0 spiro atoms. The van der Waals surface area contributed by atoms with Gasteiger partial charge in [0.2, 0.25) is 0 Å². The molecule has 0 aliphatic carbocycles. The molecular formula is C19H31N3. The molecule has 2 fully saturated rings. The summed E-state index contributed by atoms with van der Waals surface area (Å²) in [6, 6.07) is 4.30. The van der Waals surface area contributed by atoms with Gasteiger partial charge < -0.3 is 4.90 Å². The van der Waals surface area contributed by atoms with E-state index < -0.39 is 0 Å². The van der Waals surface area contributed by atoms with Crippen LogP contribution in [-0.4, -0.2) is 47.5 Å². The zero-order chi connectivity index (χ0) is 15.4. The first-order chi connectivity index (χ1) is 10.7. The summed E-state index contributed by atoms with van der Waals surface area (Å²) < 4.78 is 0. The van der Waals surface area contributed by atoms with Gasteiger partial charge >= 0.3 is 0 Å². The molecule has 0 amide bonds. The van der Waals surface area contributed by atoms with Gasteiger partial charge in [0, 0.05) is 32.0 Å². The maximum Gasteiger partial charge on any atom is 0.0271 e. The van der Waals surface area contributed by atoms with Crippen molar-refractivity contribution < 1.29 is 0 Å². The highest BCUT2D eigenvalue weighted by atomic mass is 15.2. The minimum atomic E-state index is 0.805. The smallest absolute Gasteiger partial charge is 0.0271 e. The van der Waals surface area contributed by atoms with E-state index in [0.29, 0.717) is 0 Å². The van der Waals surface area contributed by atoms with Crippen molar-refractivity contribution in [2.45, 2.75) is 39.7 Å². The van der Waals surface area contributed by atoms with Crippen LogP contribution in [0.1, 0.15) is 38.7 Å². The molecule has 1 aromatic rings. The topological polar surface area (TPSA) is 19.4 Å². The van der Waals surface area contributed by atoms with Crippen molar-refractivity contribution in [3.05, 3.63) is 30.1 Å². The van der Waals surface area contributed by atoms with Crippen LogP contribution in [0.3, 0.4) is 0 Å². The van der Waals surface area contributed by atoms with Crippen LogP contribution in [0.5, 0.6) is 0 Å². The van der Waals surface area contributed by atoms with Crippen LogP contribution in [-0.2, 0) is 6.54 Å². The van der Waals surface area contributed by atoms with Gasteiger partial charge in [-0.15, -0.1) is 0 Å². The van der Waals surface area contributed by atoms with E-state index in [1.54, 1.807) is 0 Å². The molecule has 3 heterocycles. The highest BCUT2D eigenvalue weighted by molar-refractivity contribution is 5.09. The Bertz CT molecular complexity index is 437. The molecule has 0 aromatic carbocycles. The third-order valence-electron chi connectivity index (χ3n) is 5.39. The lowest BCUT2D eigenvalue weighted by molar-refractivity contribution is 0.135. The Morgan fingerprint density at radius 1 is 1.00 bits per heavy atom. The molecule has 0 bridgehead atoms. The van der Waals surface area contributed by atoms with E-state index >= 15 is 0 Å². The number of pyridine rings is 1. The van der Waals surface area contributed by atoms with Gasteiger partial charge in [-0.3, -0.25) is 9.88 Å². The van der Waals surface area contributed by atoms with Crippen LogP contribution < -0.4 is 0 Å². The summed E-state index contributed by atoms with van der Waals surface area (Å²) in [5, 5.41) is 0. The maximum absolute atomic E-state index is 4.11. The number of likely N-dealkylation sites (tertiary alicyclic amines) is 2. The normalized spacial score (nSPS) is 25.1. The van der Waals surface area contributed by atoms with Crippen molar-refractivity contribution in [2.24, 2.45) is 17.8 Å². The summed E-state index contributed by atoms with van der Waals surface area (Å²) in [4.78, 5) is 9.42. The van der Waals surface area contributed by atoms with E-state index in [-0.39, 0.29) is 0 Å². The van der Waals surface area contributed by atoms with Crippen LogP contribution >= 0.6 is 0 Å². The van der Waals surface area contributed by atoms with Crippen molar-refractivity contribution in [1.29, 1.82) is 0 Å². The van der Waals surface area contributed by atoms with Crippen molar-refractivity contribution in [3.8, 4) is 0 Å². The van der Waals surface area contributed by atoms with Crippen molar-refractivity contribution in [3.63, 3.8) is 0 Å². The lowest BCUT2D eigenvalue weighted by Gasteiger charge is -2.35. The Labute approximate surface area is 135 Å². The molecule has 3 heteroatoms. The lowest BCUT2D eigenvalue weighted by Crippen LogP contribution is -2.38. The molecule has 0 radical (unpaired) electrons. The van der Waals surface area contributed by atoms with Gasteiger partial charge in [-0.25, -0.2) is 0 Å². The molecule has 3 nitrogen and oxygen atoms in total. The standard InChI is InChI=1S/C19H31N3/c1-16(2)13-21-10-5-18(6-11-21)19-7-12-22(15-19)14-17-3-8-20-9-4-17/h3-4,8-9,16,18-19H,5-7,10-15H2,1-2H3. The molecule has 0 N–H and O–H groups in total. The minimum Gasteiger partial charge on any atom is -0.303 e. The monoisotopic (exact) mass is 301 g/mol. The third kappa shape index (κ3) is 4.30. The van der Waals surface area contributed by atoms with Crippen molar-refractivity contribution in [1.82, 2.24) is 14.8 Å². The lowest BCUT2D eigenvalue weighted by atomic mass is 9.83. The Kier molecular flexibility index (Phi) is 5.48. The summed E-state index contributed by atoms with van der Waals surface area (Å²) in [5.74, 6) is 2.70. The first kappa shape index (κ1) is 15.9. The largest absolute Gasteiger partial charge is 0.303 e. The summed E-state index contributed by atoms with van der Waals surface area (Å²) in [6.45, 7) is 12.3. The van der Waals surface area contributed by atoms with Crippen LogP contribution in [0.15, 0.2) is 24.5 Å². The fourth-order valence-corrected chi connectivity index (χ4v) is 4.26. The third-order valence-corrected chi connectivity index (χ3v) is 5.39. The van der Waals surface area contributed by atoms with Gasteiger partial charge in [-0.05, 0) is 74.3 Å². The zero-order valence-electron chi connectivity index (χ0n) is 14.2. The molecule has 2 aliphatic rings. The van der Waals surface area contributed by atoms with Gasteiger partial charge in [0.1, 0.15) is 0 Å². The second-order valence-corrected chi connectivity index (χ2v) is 7.67. The Morgan fingerprint density at radius 2 is 1.64 bits per heavy atom. The number of nitrogens with zero attached hydrogens (tertiary/aromatic N) is 3. The molecule has 0 saturated carbocycles. The molecule has 2 saturated heterocycles.